The maximum Gasteiger partial charge on any atom is 0.261 e. The Morgan fingerprint density at radius 2 is 1.93 bits per heavy atom. The van der Waals surface area contributed by atoms with E-state index in [-0.39, 0.29) is 10.5 Å². The number of nitriles is 1. The van der Waals surface area contributed by atoms with Crippen LogP contribution in [0.4, 0.5) is 11.5 Å². The van der Waals surface area contributed by atoms with E-state index >= 15 is 0 Å². The van der Waals surface area contributed by atoms with Crippen LogP contribution in [0.2, 0.25) is 0 Å². The highest BCUT2D eigenvalue weighted by Gasteiger charge is 2.38. The first-order valence-electron chi connectivity index (χ1n) is 9.39. The van der Waals surface area contributed by atoms with Crippen LogP contribution < -0.4 is 10.9 Å². The number of anilines is 2. The number of nitrogens with one attached hydrogen (secondary N) is 2. The summed E-state index contributed by atoms with van der Waals surface area (Å²) in [6.07, 6.45) is 6.78. The number of pyridine rings is 1. The van der Waals surface area contributed by atoms with Crippen molar-refractivity contribution in [2.75, 3.05) is 11.6 Å². The van der Waals surface area contributed by atoms with Gasteiger partial charge in [-0.1, -0.05) is 12.8 Å². The van der Waals surface area contributed by atoms with Gasteiger partial charge in [-0.2, -0.15) is 10.4 Å². The lowest BCUT2D eigenvalue weighted by Gasteiger charge is -2.27. The Balaban J connectivity index is 1.82. The Hall–Kier alpha value is -3.12. The number of nitrogens with zero attached hydrogens (tertiary/aromatic N) is 3. The fraction of sp³-hybridized carbons (Fsp3) is 0.350. The number of aromatic nitrogens is 3. The first-order chi connectivity index (χ1) is 13.8. The fourth-order valence-corrected chi connectivity index (χ4v) is 4.72. The normalized spacial score (nSPS) is 16.0. The molecule has 8 nitrogen and oxygen atoms in total. The summed E-state index contributed by atoms with van der Waals surface area (Å²) in [7, 11) is -3.29. The number of hydrogen-bond acceptors (Lipinski definition) is 6. The zero-order valence-electron chi connectivity index (χ0n) is 16.0. The average Bonchev–Trinajstić information content (AvgIpc) is 3.28. The van der Waals surface area contributed by atoms with Gasteiger partial charge in [-0.15, -0.1) is 0 Å². The largest absolute Gasteiger partial charge is 0.338 e. The second-order valence-corrected chi connectivity index (χ2v) is 9.53. The molecule has 0 atom stereocenters. The van der Waals surface area contributed by atoms with Gasteiger partial charge in [-0.05, 0) is 43.2 Å². The van der Waals surface area contributed by atoms with Crippen LogP contribution in [0.5, 0.6) is 0 Å². The Labute approximate surface area is 168 Å². The van der Waals surface area contributed by atoms with Crippen molar-refractivity contribution in [3.63, 3.8) is 0 Å². The summed E-state index contributed by atoms with van der Waals surface area (Å²) in [6.45, 7) is 0. The zero-order chi connectivity index (χ0) is 20.6. The molecule has 2 aromatic heterocycles. The number of hydrogen-bond donors (Lipinski definition) is 2. The Bertz CT molecular complexity index is 1260. The lowest BCUT2D eigenvalue weighted by molar-refractivity contribution is 0.280. The van der Waals surface area contributed by atoms with Gasteiger partial charge in [0.05, 0.1) is 28.4 Å². The predicted molar refractivity (Wildman–Crippen MR) is 110 cm³/mol. The molecule has 0 aliphatic heterocycles. The molecule has 3 aromatic rings. The number of fused-ring (bicyclic) bond motifs is 1. The van der Waals surface area contributed by atoms with Crippen molar-refractivity contribution in [2.45, 2.75) is 42.5 Å². The van der Waals surface area contributed by atoms with Crippen LogP contribution in [0, 0.1) is 11.3 Å². The molecule has 1 saturated carbocycles. The van der Waals surface area contributed by atoms with Gasteiger partial charge in [0.25, 0.3) is 5.56 Å². The van der Waals surface area contributed by atoms with Crippen molar-refractivity contribution in [1.82, 2.24) is 14.8 Å². The third-order valence-electron chi connectivity index (χ3n) is 5.54. The molecule has 1 aromatic carbocycles. The minimum absolute atomic E-state index is 0.218. The highest BCUT2D eigenvalue weighted by atomic mass is 32.2. The van der Waals surface area contributed by atoms with Gasteiger partial charge in [-0.25, -0.2) is 8.42 Å². The monoisotopic (exact) mass is 411 g/mol. The highest BCUT2D eigenvalue weighted by Crippen LogP contribution is 2.41. The first-order valence-corrected chi connectivity index (χ1v) is 11.3. The summed E-state index contributed by atoms with van der Waals surface area (Å²) < 4.78 is 25.2. The zero-order valence-corrected chi connectivity index (χ0v) is 16.8. The summed E-state index contributed by atoms with van der Waals surface area (Å²) in [5.74, 6) is 0.387. The van der Waals surface area contributed by atoms with Crippen LogP contribution in [0.3, 0.4) is 0 Å². The second-order valence-electron chi connectivity index (χ2n) is 7.52. The first kappa shape index (κ1) is 19.2. The van der Waals surface area contributed by atoms with E-state index in [0.717, 1.165) is 31.9 Å². The molecule has 9 heteroatoms. The molecule has 0 unspecified atom stereocenters. The smallest absolute Gasteiger partial charge is 0.261 e. The van der Waals surface area contributed by atoms with Gasteiger partial charge in [0, 0.05) is 18.1 Å². The molecule has 0 amide bonds. The van der Waals surface area contributed by atoms with Gasteiger partial charge in [0.15, 0.2) is 15.7 Å². The van der Waals surface area contributed by atoms with Crippen molar-refractivity contribution in [2.24, 2.45) is 0 Å². The van der Waals surface area contributed by atoms with E-state index in [2.05, 4.69) is 16.4 Å². The molecule has 1 aliphatic carbocycles. The molecule has 4 rings (SSSR count). The quantitative estimate of drug-likeness (QED) is 0.666. The van der Waals surface area contributed by atoms with Crippen molar-refractivity contribution < 1.29 is 8.42 Å². The molecule has 0 bridgehead atoms. The number of rotatable bonds is 5. The molecular weight excluding hydrogens is 390 g/mol. The van der Waals surface area contributed by atoms with E-state index in [9.17, 15) is 18.5 Å². The highest BCUT2D eigenvalue weighted by molar-refractivity contribution is 7.90. The van der Waals surface area contributed by atoms with Crippen LogP contribution in [-0.4, -0.2) is 29.4 Å². The van der Waals surface area contributed by atoms with Crippen molar-refractivity contribution in [1.29, 1.82) is 5.26 Å². The van der Waals surface area contributed by atoms with Crippen LogP contribution in [0.15, 0.2) is 46.2 Å². The van der Waals surface area contributed by atoms with Gasteiger partial charge < -0.3 is 10.3 Å². The lowest BCUT2D eigenvalue weighted by Crippen LogP contribution is -2.31. The molecule has 1 aliphatic rings. The molecular formula is C20H21N5O3S. The third-order valence-corrected chi connectivity index (χ3v) is 6.67. The van der Waals surface area contributed by atoms with Gasteiger partial charge in [0.2, 0.25) is 0 Å². The predicted octanol–water partition coefficient (Wildman–Crippen LogP) is 3.05. The Morgan fingerprint density at radius 1 is 1.24 bits per heavy atom. The van der Waals surface area contributed by atoms with Crippen LogP contribution in [0.25, 0.3) is 10.9 Å². The minimum Gasteiger partial charge on any atom is -0.338 e. The molecule has 0 radical (unpaired) electrons. The van der Waals surface area contributed by atoms with Crippen LogP contribution in [0.1, 0.15) is 32.1 Å². The summed E-state index contributed by atoms with van der Waals surface area (Å²) in [5.41, 5.74) is 0.615. The fourth-order valence-electron chi connectivity index (χ4n) is 4.09. The lowest BCUT2D eigenvalue weighted by atomic mass is 9.94. The number of benzene rings is 1. The molecule has 0 spiro atoms. The second kappa shape index (κ2) is 7.04. The van der Waals surface area contributed by atoms with Crippen molar-refractivity contribution in [3.8, 4) is 6.07 Å². The minimum atomic E-state index is -3.29. The Morgan fingerprint density at radius 3 is 2.55 bits per heavy atom. The Kier molecular flexibility index (Phi) is 4.67. The van der Waals surface area contributed by atoms with Crippen LogP contribution in [-0.2, 0) is 15.4 Å². The van der Waals surface area contributed by atoms with E-state index in [1.54, 1.807) is 24.4 Å². The third kappa shape index (κ3) is 3.40. The van der Waals surface area contributed by atoms with E-state index in [1.807, 2.05) is 4.68 Å². The van der Waals surface area contributed by atoms with Gasteiger partial charge in [0.1, 0.15) is 5.39 Å². The topological polar surface area (TPSA) is 121 Å². The van der Waals surface area contributed by atoms with E-state index < -0.39 is 15.4 Å². The van der Waals surface area contributed by atoms with Gasteiger partial charge >= 0.3 is 0 Å². The summed E-state index contributed by atoms with van der Waals surface area (Å²) >= 11 is 0. The standard InChI is InChI=1S/C20H21N5O3S/c1-29(27,28)15-6-4-14(5-7-15)23-18-17-16(8-13-22-19(17)26)25(24-18)20(11-12-21)9-2-3-10-20/h4-8,13H,2-3,9-11H2,1H3,(H,22,26)(H,23,24). The van der Waals surface area contributed by atoms with Crippen molar-refractivity contribution >= 4 is 32.2 Å². The molecule has 0 saturated heterocycles. The molecule has 29 heavy (non-hydrogen) atoms. The number of aromatic amines is 1. The van der Waals surface area contributed by atoms with E-state index in [0.29, 0.717) is 28.8 Å². The summed E-state index contributed by atoms with van der Waals surface area (Å²) in [4.78, 5) is 15.5. The maximum atomic E-state index is 12.6. The maximum absolute atomic E-state index is 12.6. The molecule has 2 heterocycles. The molecule has 1 fully saturated rings. The van der Waals surface area contributed by atoms with Crippen molar-refractivity contribution in [3.05, 3.63) is 46.9 Å². The van der Waals surface area contributed by atoms with Crippen LogP contribution >= 0.6 is 0 Å². The number of sulfone groups is 1. The SMILES string of the molecule is CS(=O)(=O)c1ccc(Nc2nn(C3(CC#N)CCCC3)c3cc[nH]c(=O)c23)cc1. The molecule has 2 N–H and O–H groups in total. The van der Waals surface area contributed by atoms with E-state index in [4.69, 9.17) is 5.10 Å². The average molecular weight is 411 g/mol. The number of H-pyrrole nitrogens is 1. The van der Waals surface area contributed by atoms with E-state index in [1.165, 1.54) is 12.1 Å². The molecule has 150 valence electrons. The van der Waals surface area contributed by atoms with Gasteiger partial charge in [-0.3, -0.25) is 9.48 Å². The summed E-state index contributed by atoms with van der Waals surface area (Å²) in [6, 6.07) is 10.4. The summed E-state index contributed by atoms with van der Waals surface area (Å²) in [5, 5.41) is 17.7.